The molecule has 1 saturated heterocycles. The van der Waals surface area contributed by atoms with Gasteiger partial charge in [-0.2, -0.15) is 0 Å². The summed E-state index contributed by atoms with van der Waals surface area (Å²) >= 11 is 1.71. The van der Waals surface area contributed by atoms with E-state index in [1.807, 2.05) is 45.0 Å². The third-order valence-corrected chi connectivity index (χ3v) is 5.96. The van der Waals surface area contributed by atoms with Gasteiger partial charge in [0.25, 0.3) is 0 Å². The van der Waals surface area contributed by atoms with E-state index in [-0.39, 0.29) is 24.0 Å². The molecule has 1 atom stereocenters. The molecule has 0 bridgehead atoms. The molecule has 8 heteroatoms. The highest BCUT2D eigenvalue weighted by molar-refractivity contribution is 8.13. The molecule has 2 aliphatic rings. The number of anilines is 1. The van der Waals surface area contributed by atoms with E-state index in [1.165, 1.54) is 4.90 Å². The number of benzene rings is 1. The van der Waals surface area contributed by atoms with Crippen LogP contribution in [0.3, 0.4) is 0 Å². The highest BCUT2D eigenvalue weighted by atomic mass is 32.2. The van der Waals surface area contributed by atoms with Crippen molar-refractivity contribution in [2.75, 3.05) is 38.3 Å². The number of hydrogen-bond donors (Lipinski definition) is 1. The second-order valence-corrected chi connectivity index (χ2v) is 9.20. The van der Waals surface area contributed by atoms with Crippen molar-refractivity contribution in [2.24, 2.45) is 10.9 Å². The molecule has 162 valence electrons. The molecule has 1 N–H and O–H groups in total. The first-order chi connectivity index (χ1) is 14.3. The number of urea groups is 1. The molecule has 0 aliphatic carbocycles. The van der Waals surface area contributed by atoms with Gasteiger partial charge in [-0.1, -0.05) is 37.7 Å². The quantitative estimate of drug-likeness (QED) is 0.712. The average molecular weight is 431 g/mol. The van der Waals surface area contributed by atoms with Crippen molar-refractivity contribution in [3.05, 3.63) is 41.1 Å². The van der Waals surface area contributed by atoms with E-state index in [4.69, 9.17) is 9.73 Å². The zero-order valence-corrected chi connectivity index (χ0v) is 19.1. The Morgan fingerprint density at radius 2 is 2.13 bits per heavy atom. The fourth-order valence-corrected chi connectivity index (χ4v) is 4.44. The Balaban J connectivity index is 1.99. The van der Waals surface area contributed by atoms with Gasteiger partial charge in [-0.05, 0) is 37.0 Å². The number of carbonyl (C=O) groups excluding carboxylic acids is 2. The van der Waals surface area contributed by atoms with Gasteiger partial charge in [-0.25, -0.2) is 14.6 Å². The van der Waals surface area contributed by atoms with Gasteiger partial charge in [-0.3, -0.25) is 0 Å². The average Bonchev–Trinajstić information content (AvgIpc) is 2.71. The molecule has 1 unspecified atom stereocenters. The maximum absolute atomic E-state index is 13.1. The lowest BCUT2D eigenvalue weighted by molar-refractivity contribution is -0.140. The fourth-order valence-electron chi connectivity index (χ4n) is 3.42. The van der Waals surface area contributed by atoms with Gasteiger partial charge >= 0.3 is 12.0 Å². The summed E-state index contributed by atoms with van der Waals surface area (Å²) in [5, 5.41) is 3.83. The number of allylic oxidation sites excluding steroid dienone is 1. The highest BCUT2D eigenvalue weighted by Gasteiger charge is 2.38. The molecule has 0 aromatic heterocycles. The molecular formula is C22H30N4O3S. The fraction of sp³-hybridized carbons (Fsp3) is 0.500. The Bertz CT molecular complexity index is 879. The molecule has 1 aromatic carbocycles. The number of aliphatic imine (C=N–C) groups is 1. The number of hydrogen-bond acceptors (Lipinski definition) is 6. The van der Waals surface area contributed by atoms with Crippen LogP contribution in [0.25, 0.3) is 0 Å². The molecule has 0 saturated carbocycles. The molecule has 3 rings (SSSR count). The number of amides is 2. The van der Waals surface area contributed by atoms with Crippen LogP contribution in [0.5, 0.6) is 0 Å². The van der Waals surface area contributed by atoms with Crippen molar-refractivity contribution in [1.82, 2.24) is 9.80 Å². The van der Waals surface area contributed by atoms with Gasteiger partial charge in [0.15, 0.2) is 5.17 Å². The zero-order valence-electron chi connectivity index (χ0n) is 18.3. The molecule has 0 radical (unpaired) electrons. The van der Waals surface area contributed by atoms with Crippen LogP contribution in [-0.4, -0.2) is 60.0 Å². The molecule has 7 nitrogen and oxygen atoms in total. The Hall–Kier alpha value is -2.48. The van der Waals surface area contributed by atoms with Gasteiger partial charge in [0, 0.05) is 32.1 Å². The number of fused-ring (bicyclic) bond motifs is 1. The standard InChI is InChI=1S/C22H30N4O3S/c1-14(2)13-29-20(27)18-15(3)23-22-26(10-7-11-30-22)19(18)16-8-6-9-17(12-16)24-21(28)25(4)5/h6,8-9,12,14,19H,7,10-11,13H2,1-5H3,(H,24,28). The lowest BCUT2D eigenvalue weighted by Crippen LogP contribution is -2.42. The van der Waals surface area contributed by atoms with Crippen molar-refractivity contribution in [1.29, 1.82) is 0 Å². The predicted molar refractivity (Wildman–Crippen MR) is 122 cm³/mol. The molecule has 2 aliphatic heterocycles. The second kappa shape index (κ2) is 9.55. The van der Waals surface area contributed by atoms with Crippen molar-refractivity contribution < 1.29 is 14.3 Å². The van der Waals surface area contributed by atoms with E-state index in [0.29, 0.717) is 23.6 Å². The molecule has 0 spiro atoms. The Kier molecular flexibility index (Phi) is 7.07. The minimum atomic E-state index is -0.327. The molecular weight excluding hydrogens is 400 g/mol. The number of carbonyl (C=O) groups is 2. The minimum absolute atomic E-state index is 0.199. The van der Waals surface area contributed by atoms with E-state index in [0.717, 1.165) is 29.4 Å². The first-order valence-electron chi connectivity index (χ1n) is 10.2. The van der Waals surface area contributed by atoms with Crippen LogP contribution in [0.15, 0.2) is 40.5 Å². The van der Waals surface area contributed by atoms with Crippen molar-refractivity contribution >= 4 is 34.6 Å². The smallest absolute Gasteiger partial charge is 0.338 e. The Morgan fingerprint density at radius 1 is 1.37 bits per heavy atom. The number of esters is 1. The van der Waals surface area contributed by atoms with E-state index in [1.54, 1.807) is 25.9 Å². The third kappa shape index (κ3) is 4.98. The summed E-state index contributed by atoms with van der Waals surface area (Å²) < 4.78 is 5.60. The summed E-state index contributed by atoms with van der Waals surface area (Å²) in [4.78, 5) is 33.5. The maximum Gasteiger partial charge on any atom is 0.338 e. The van der Waals surface area contributed by atoms with Crippen molar-refractivity contribution in [3.8, 4) is 0 Å². The number of nitrogens with one attached hydrogen (secondary N) is 1. The first kappa shape index (κ1) is 22.2. The van der Waals surface area contributed by atoms with E-state index >= 15 is 0 Å². The van der Waals surface area contributed by atoms with Gasteiger partial charge in [0.2, 0.25) is 0 Å². The SMILES string of the molecule is CC1=C(C(=O)OCC(C)C)C(c2cccc(NC(=O)N(C)C)c2)N2CCCSC2=N1. The number of rotatable bonds is 5. The lowest BCUT2D eigenvalue weighted by Gasteiger charge is -2.40. The minimum Gasteiger partial charge on any atom is -0.462 e. The molecule has 1 aromatic rings. The molecule has 1 fully saturated rings. The van der Waals surface area contributed by atoms with E-state index in [9.17, 15) is 9.59 Å². The number of ether oxygens (including phenoxy) is 1. The van der Waals surface area contributed by atoms with Crippen LogP contribution in [0, 0.1) is 5.92 Å². The summed E-state index contributed by atoms with van der Waals surface area (Å²) in [5.74, 6) is 0.944. The van der Waals surface area contributed by atoms with Crippen LogP contribution >= 0.6 is 11.8 Å². The highest BCUT2D eigenvalue weighted by Crippen LogP contribution is 2.40. The maximum atomic E-state index is 13.1. The monoisotopic (exact) mass is 430 g/mol. The summed E-state index contributed by atoms with van der Waals surface area (Å²) in [6.07, 6.45) is 1.02. The van der Waals surface area contributed by atoms with Crippen LogP contribution < -0.4 is 5.32 Å². The normalized spacial score (nSPS) is 18.7. The second-order valence-electron chi connectivity index (χ2n) is 8.13. The molecule has 30 heavy (non-hydrogen) atoms. The first-order valence-corrected chi connectivity index (χ1v) is 11.2. The lowest BCUT2D eigenvalue weighted by atomic mass is 9.94. The summed E-state index contributed by atoms with van der Waals surface area (Å²) in [5.41, 5.74) is 2.87. The third-order valence-electron chi connectivity index (χ3n) is 4.89. The Morgan fingerprint density at radius 3 is 2.83 bits per heavy atom. The largest absolute Gasteiger partial charge is 0.462 e. The van der Waals surface area contributed by atoms with E-state index in [2.05, 4.69) is 10.2 Å². The van der Waals surface area contributed by atoms with Crippen LogP contribution in [0.2, 0.25) is 0 Å². The van der Waals surface area contributed by atoms with Gasteiger partial charge in [-0.15, -0.1) is 0 Å². The van der Waals surface area contributed by atoms with E-state index < -0.39 is 0 Å². The number of thioether (sulfide) groups is 1. The number of nitrogens with zero attached hydrogens (tertiary/aromatic N) is 3. The van der Waals surface area contributed by atoms with Crippen LogP contribution in [-0.2, 0) is 9.53 Å². The topological polar surface area (TPSA) is 74.2 Å². The Labute approximate surface area is 182 Å². The molecule has 2 heterocycles. The summed E-state index contributed by atoms with van der Waals surface area (Å²) in [7, 11) is 3.39. The van der Waals surface area contributed by atoms with Crippen molar-refractivity contribution in [3.63, 3.8) is 0 Å². The molecule has 2 amide bonds. The van der Waals surface area contributed by atoms with Crippen LogP contribution in [0.1, 0.15) is 38.8 Å². The predicted octanol–water partition coefficient (Wildman–Crippen LogP) is 4.10. The summed E-state index contributed by atoms with van der Waals surface area (Å²) in [6.45, 7) is 7.09. The zero-order chi connectivity index (χ0) is 21.8. The summed E-state index contributed by atoms with van der Waals surface area (Å²) in [6, 6.07) is 7.17. The van der Waals surface area contributed by atoms with Gasteiger partial charge in [0.1, 0.15) is 0 Å². The van der Waals surface area contributed by atoms with Crippen LogP contribution in [0.4, 0.5) is 10.5 Å². The van der Waals surface area contributed by atoms with Crippen molar-refractivity contribution in [2.45, 2.75) is 33.2 Å². The van der Waals surface area contributed by atoms with Gasteiger partial charge < -0.3 is 19.9 Å². The van der Waals surface area contributed by atoms with Gasteiger partial charge in [0.05, 0.1) is 23.9 Å². The number of amidine groups is 1.